The number of nitrogens with zero attached hydrogens (tertiary/aromatic N) is 2. The highest BCUT2D eigenvalue weighted by Gasteiger charge is 2.11. The lowest BCUT2D eigenvalue weighted by molar-refractivity contribution is 0.381. The fraction of sp³-hybridized carbons (Fsp3) is 0.692. The predicted molar refractivity (Wildman–Crippen MR) is 72.4 cm³/mol. The Labute approximate surface area is 108 Å². The van der Waals surface area contributed by atoms with Gasteiger partial charge in [0.05, 0.1) is 0 Å². The Hall–Kier alpha value is -0.610. The van der Waals surface area contributed by atoms with Crippen molar-refractivity contribution in [3.8, 4) is 0 Å². The van der Waals surface area contributed by atoms with Crippen molar-refractivity contribution in [2.24, 2.45) is 0 Å². The average molecular weight is 251 g/mol. The van der Waals surface area contributed by atoms with Crippen molar-refractivity contribution in [1.29, 1.82) is 0 Å². The van der Waals surface area contributed by atoms with E-state index in [2.05, 4.69) is 15.3 Å². The van der Waals surface area contributed by atoms with Crippen LogP contribution in [0.5, 0.6) is 0 Å². The topological polar surface area (TPSA) is 37.8 Å². The number of hydrogen-bond acceptors (Lipinski definition) is 4. The number of aryl methyl sites for hydroxylation is 1. The lowest BCUT2D eigenvalue weighted by Crippen LogP contribution is -2.32. The molecule has 94 valence electrons. The van der Waals surface area contributed by atoms with Gasteiger partial charge >= 0.3 is 0 Å². The van der Waals surface area contributed by atoms with Crippen LogP contribution in [-0.2, 0) is 0 Å². The van der Waals surface area contributed by atoms with Gasteiger partial charge in [-0.2, -0.15) is 0 Å². The monoisotopic (exact) mass is 251 g/mol. The minimum atomic E-state index is 0.753. The van der Waals surface area contributed by atoms with Crippen LogP contribution >= 0.6 is 11.8 Å². The minimum Gasteiger partial charge on any atom is -0.313 e. The molecular weight excluding hydrogens is 230 g/mol. The molecule has 1 fully saturated rings. The van der Waals surface area contributed by atoms with E-state index in [9.17, 15) is 0 Å². The molecular formula is C13H21N3S. The maximum absolute atomic E-state index is 4.29. The van der Waals surface area contributed by atoms with Gasteiger partial charge in [-0.15, -0.1) is 0 Å². The quantitative estimate of drug-likeness (QED) is 0.496. The van der Waals surface area contributed by atoms with Crippen LogP contribution in [0.2, 0.25) is 0 Å². The Morgan fingerprint density at radius 3 is 2.65 bits per heavy atom. The summed E-state index contributed by atoms with van der Waals surface area (Å²) in [6.45, 7) is 3.08. The van der Waals surface area contributed by atoms with Crippen LogP contribution in [-0.4, -0.2) is 28.3 Å². The summed E-state index contributed by atoms with van der Waals surface area (Å²) in [5.74, 6) is 1.06. The van der Waals surface area contributed by atoms with Gasteiger partial charge in [-0.3, -0.25) is 0 Å². The molecule has 2 rings (SSSR count). The molecule has 1 aromatic heterocycles. The van der Waals surface area contributed by atoms with Crippen LogP contribution < -0.4 is 5.32 Å². The Balaban J connectivity index is 1.60. The minimum absolute atomic E-state index is 0.753. The van der Waals surface area contributed by atoms with E-state index in [4.69, 9.17) is 0 Å². The maximum atomic E-state index is 4.29. The molecule has 1 aliphatic rings. The van der Waals surface area contributed by atoms with Crippen molar-refractivity contribution in [2.45, 2.75) is 50.2 Å². The van der Waals surface area contributed by atoms with E-state index in [1.165, 1.54) is 32.1 Å². The van der Waals surface area contributed by atoms with E-state index in [0.717, 1.165) is 29.1 Å². The van der Waals surface area contributed by atoms with Crippen LogP contribution in [0, 0.1) is 6.92 Å². The molecule has 1 N–H and O–H groups in total. The smallest absolute Gasteiger partial charge is 0.187 e. The third-order valence-electron chi connectivity index (χ3n) is 3.13. The molecule has 0 spiro atoms. The summed E-state index contributed by atoms with van der Waals surface area (Å²) in [6, 6.07) is 0.753. The van der Waals surface area contributed by atoms with Crippen molar-refractivity contribution in [3.05, 3.63) is 18.0 Å². The Kier molecular flexibility index (Phi) is 5.26. The van der Waals surface area contributed by atoms with Gasteiger partial charge in [0, 0.05) is 30.7 Å². The van der Waals surface area contributed by atoms with Crippen LogP contribution in [0.1, 0.15) is 37.7 Å². The molecule has 1 heterocycles. The van der Waals surface area contributed by atoms with Gasteiger partial charge in [0.1, 0.15) is 0 Å². The van der Waals surface area contributed by atoms with E-state index in [-0.39, 0.29) is 0 Å². The Bertz CT molecular complexity index is 320. The van der Waals surface area contributed by atoms with Gasteiger partial charge in [-0.05, 0) is 25.3 Å². The van der Waals surface area contributed by atoms with E-state index < -0.39 is 0 Å². The Morgan fingerprint density at radius 1 is 1.24 bits per heavy atom. The zero-order valence-corrected chi connectivity index (χ0v) is 11.3. The fourth-order valence-electron chi connectivity index (χ4n) is 2.17. The third kappa shape index (κ3) is 4.64. The van der Waals surface area contributed by atoms with Gasteiger partial charge in [-0.1, -0.05) is 31.0 Å². The van der Waals surface area contributed by atoms with Gasteiger partial charge in [0.15, 0.2) is 5.16 Å². The second kappa shape index (κ2) is 6.97. The van der Waals surface area contributed by atoms with Crippen LogP contribution in [0.15, 0.2) is 17.6 Å². The lowest BCUT2D eigenvalue weighted by Gasteiger charge is -2.22. The van der Waals surface area contributed by atoms with Gasteiger partial charge in [0.25, 0.3) is 0 Å². The summed E-state index contributed by atoms with van der Waals surface area (Å²) in [5.41, 5.74) is 1.12. The number of rotatable bonds is 5. The second-order valence-electron chi connectivity index (χ2n) is 4.68. The van der Waals surface area contributed by atoms with E-state index >= 15 is 0 Å². The van der Waals surface area contributed by atoms with Crippen molar-refractivity contribution >= 4 is 11.8 Å². The number of aromatic nitrogens is 2. The molecule has 17 heavy (non-hydrogen) atoms. The normalized spacial score (nSPS) is 17.2. The number of thioether (sulfide) groups is 1. The summed E-state index contributed by atoms with van der Waals surface area (Å²) in [6.07, 6.45) is 10.7. The summed E-state index contributed by atoms with van der Waals surface area (Å²) in [4.78, 5) is 8.57. The van der Waals surface area contributed by atoms with Crippen molar-refractivity contribution in [2.75, 3.05) is 12.3 Å². The van der Waals surface area contributed by atoms with Gasteiger partial charge < -0.3 is 5.32 Å². The molecule has 4 heteroatoms. The molecule has 0 unspecified atom stereocenters. The fourth-order valence-corrected chi connectivity index (χ4v) is 2.82. The molecule has 1 saturated carbocycles. The highest BCUT2D eigenvalue weighted by molar-refractivity contribution is 7.99. The zero-order valence-electron chi connectivity index (χ0n) is 10.5. The van der Waals surface area contributed by atoms with E-state index in [1.54, 1.807) is 11.8 Å². The molecule has 0 aromatic carbocycles. The summed E-state index contributed by atoms with van der Waals surface area (Å²) >= 11 is 1.73. The van der Waals surface area contributed by atoms with Crippen LogP contribution in [0.4, 0.5) is 0 Å². The number of nitrogens with one attached hydrogen (secondary N) is 1. The SMILES string of the molecule is Cc1cnc(SCCNC2CCCCC2)nc1. The molecule has 1 aliphatic carbocycles. The first-order valence-corrected chi connectivity index (χ1v) is 7.48. The zero-order chi connectivity index (χ0) is 11.9. The van der Waals surface area contributed by atoms with Crippen molar-refractivity contribution in [3.63, 3.8) is 0 Å². The summed E-state index contributed by atoms with van der Waals surface area (Å²) in [7, 11) is 0. The highest BCUT2D eigenvalue weighted by Crippen LogP contribution is 2.17. The first kappa shape index (κ1) is 12.8. The molecule has 0 bridgehead atoms. The molecule has 0 atom stereocenters. The molecule has 0 saturated heterocycles. The van der Waals surface area contributed by atoms with Crippen LogP contribution in [0.25, 0.3) is 0 Å². The maximum Gasteiger partial charge on any atom is 0.187 e. The first-order chi connectivity index (χ1) is 8.34. The average Bonchev–Trinajstić information content (AvgIpc) is 2.38. The second-order valence-corrected chi connectivity index (χ2v) is 5.74. The lowest BCUT2D eigenvalue weighted by atomic mass is 9.96. The molecule has 0 radical (unpaired) electrons. The molecule has 3 nitrogen and oxygen atoms in total. The Morgan fingerprint density at radius 2 is 1.94 bits per heavy atom. The predicted octanol–water partition coefficient (Wildman–Crippen LogP) is 2.80. The summed E-state index contributed by atoms with van der Waals surface area (Å²) in [5, 5.41) is 4.52. The molecule has 1 aromatic rings. The van der Waals surface area contributed by atoms with Gasteiger partial charge in [0.2, 0.25) is 0 Å². The largest absolute Gasteiger partial charge is 0.313 e. The summed E-state index contributed by atoms with van der Waals surface area (Å²) < 4.78 is 0. The van der Waals surface area contributed by atoms with Crippen molar-refractivity contribution in [1.82, 2.24) is 15.3 Å². The molecule has 0 aliphatic heterocycles. The third-order valence-corrected chi connectivity index (χ3v) is 4.01. The first-order valence-electron chi connectivity index (χ1n) is 6.49. The van der Waals surface area contributed by atoms with E-state index in [0.29, 0.717) is 0 Å². The number of hydrogen-bond donors (Lipinski definition) is 1. The molecule has 0 amide bonds. The van der Waals surface area contributed by atoms with E-state index in [1.807, 2.05) is 19.3 Å². The highest BCUT2D eigenvalue weighted by atomic mass is 32.2. The van der Waals surface area contributed by atoms with Gasteiger partial charge in [-0.25, -0.2) is 9.97 Å². The van der Waals surface area contributed by atoms with Crippen LogP contribution in [0.3, 0.4) is 0 Å². The standard InChI is InChI=1S/C13H21N3S/c1-11-9-15-13(16-10-11)17-8-7-14-12-5-3-2-4-6-12/h9-10,12,14H,2-8H2,1H3. The van der Waals surface area contributed by atoms with Crippen molar-refractivity contribution < 1.29 is 0 Å².